The zero-order valence-electron chi connectivity index (χ0n) is 24.3. The first-order chi connectivity index (χ1) is 20.4. The highest BCUT2D eigenvalue weighted by Crippen LogP contribution is 2.33. The third kappa shape index (κ3) is 5.48. The van der Waals surface area contributed by atoms with Crippen LogP contribution in [0.25, 0.3) is 21.8 Å². The Hall–Kier alpha value is -4.62. The molecule has 1 aromatic heterocycles. The van der Waals surface area contributed by atoms with Crippen LogP contribution in [-0.2, 0) is 30.6 Å². The molecule has 0 radical (unpaired) electrons. The molecule has 0 spiro atoms. The van der Waals surface area contributed by atoms with Crippen LogP contribution >= 0.6 is 0 Å². The number of aromatic nitrogens is 1. The van der Waals surface area contributed by atoms with Crippen molar-refractivity contribution in [1.82, 2.24) is 9.88 Å². The number of nitrogens with zero attached hydrogens (tertiary/aromatic N) is 1. The molecule has 42 heavy (non-hydrogen) atoms. The Morgan fingerprint density at radius 2 is 1.60 bits per heavy atom. The molecule has 0 aliphatic carbocycles. The normalized spacial score (nSPS) is 13.2. The number of amides is 1. The Bertz CT molecular complexity index is 1840. The summed E-state index contributed by atoms with van der Waals surface area (Å²) in [5.74, 6) is 1.43. The van der Waals surface area contributed by atoms with Gasteiger partial charge in [0.15, 0.2) is 16.9 Å². The largest absolute Gasteiger partial charge is 0.493 e. The number of H-pyrrole nitrogens is 1. The lowest BCUT2D eigenvalue weighted by atomic mass is 9.98. The van der Waals surface area contributed by atoms with E-state index in [4.69, 9.17) is 9.47 Å². The third-order valence-electron chi connectivity index (χ3n) is 8.27. The molecule has 0 saturated heterocycles. The van der Waals surface area contributed by atoms with Crippen molar-refractivity contribution in [3.05, 3.63) is 111 Å². The van der Waals surface area contributed by atoms with Gasteiger partial charge in [-0.3, -0.25) is 14.5 Å². The van der Waals surface area contributed by atoms with Crippen molar-refractivity contribution in [3.8, 4) is 11.5 Å². The summed E-state index contributed by atoms with van der Waals surface area (Å²) in [6, 6.07) is 23.5. The molecular weight excluding hydrogens is 526 g/mol. The summed E-state index contributed by atoms with van der Waals surface area (Å²) in [4.78, 5) is 32.0. The van der Waals surface area contributed by atoms with E-state index in [-0.39, 0.29) is 17.8 Å². The minimum absolute atomic E-state index is 0.0194. The summed E-state index contributed by atoms with van der Waals surface area (Å²) in [6.45, 7) is 4.82. The van der Waals surface area contributed by atoms with Crippen LogP contribution in [0.1, 0.15) is 27.8 Å². The maximum Gasteiger partial charge on any atom is 0.228 e. The van der Waals surface area contributed by atoms with Gasteiger partial charge >= 0.3 is 0 Å². The number of fused-ring (bicyclic) bond motifs is 3. The number of para-hydroxylation sites is 2. The number of nitrogens with one attached hydrogen (secondary N) is 2. The second kappa shape index (κ2) is 11.7. The smallest absolute Gasteiger partial charge is 0.228 e. The Morgan fingerprint density at radius 3 is 2.33 bits per heavy atom. The number of methoxy groups -OCH3 is 2. The first-order valence-electron chi connectivity index (χ1n) is 14.3. The number of hydrogen-bond acceptors (Lipinski definition) is 5. The molecule has 7 heteroatoms. The highest BCUT2D eigenvalue weighted by molar-refractivity contribution is 5.98. The SMILES string of the molecule is COc1cc2c(cc1OC)CN(CCc1ccc(NC(=O)Cc3cccc4c(=O)c5cccc(C)c5[nH]c34)cc1)CC2. The van der Waals surface area contributed by atoms with Crippen molar-refractivity contribution in [2.45, 2.75) is 32.7 Å². The van der Waals surface area contributed by atoms with E-state index in [1.54, 1.807) is 14.2 Å². The number of aryl methyl sites for hydroxylation is 1. The number of carbonyl (C=O) groups excluding carboxylic acids is 1. The molecule has 4 aromatic carbocycles. The van der Waals surface area contributed by atoms with Gasteiger partial charge in [0.1, 0.15) is 0 Å². The van der Waals surface area contributed by atoms with E-state index >= 15 is 0 Å². The van der Waals surface area contributed by atoms with Crippen molar-refractivity contribution in [2.24, 2.45) is 0 Å². The van der Waals surface area contributed by atoms with Gasteiger partial charge in [-0.1, -0.05) is 36.4 Å². The zero-order chi connectivity index (χ0) is 29.2. The molecule has 1 aliphatic heterocycles. The third-order valence-corrected chi connectivity index (χ3v) is 8.27. The van der Waals surface area contributed by atoms with E-state index in [1.165, 1.54) is 16.7 Å². The number of ether oxygens (including phenoxy) is 2. The fourth-order valence-electron chi connectivity index (χ4n) is 5.93. The topological polar surface area (TPSA) is 83.7 Å². The highest BCUT2D eigenvalue weighted by Gasteiger charge is 2.19. The molecule has 214 valence electrons. The lowest BCUT2D eigenvalue weighted by Gasteiger charge is -2.29. The molecule has 0 fully saturated rings. The second-order valence-electron chi connectivity index (χ2n) is 11.0. The van der Waals surface area contributed by atoms with Gasteiger partial charge < -0.3 is 19.8 Å². The number of rotatable bonds is 8. The van der Waals surface area contributed by atoms with Crippen molar-refractivity contribution < 1.29 is 14.3 Å². The molecule has 0 atom stereocenters. The van der Waals surface area contributed by atoms with E-state index in [0.717, 1.165) is 66.3 Å². The summed E-state index contributed by atoms with van der Waals surface area (Å²) in [7, 11) is 3.34. The van der Waals surface area contributed by atoms with Crippen LogP contribution in [-0.4, -0.2) is 43.1 Å². The van der Waals surface area contributed by atoms with Crippen LogP contribution in [0.4, 0.5) is 5.69 Å². The van der Waals surface area contributed by atoms with Crippen molar-refractivity contribution >= 4 is 33.4 Å². The van der Waals surface area contributed by atoms with Crippen LogP contribution in [0.2, 0.25) is 0 Å². The Labute approximate surface area is 245 Å². The van der Waals surface area contributed by atoms with Crippen molar-refractivity contribution in [1.29, 1.82) is 0 Å². The molecule has 0 unspecified atom stereocenters. The number of hydrogen-bond donors (Lipinski definition) is 2. The lowest BCUT2D eigenvalue weighted by Crippen LogP contribution is -2.32. The highest BCUT2D eigenvalue weighted by atomic mass is 16.5. The molecular formula is C35H35N3O4. The van der Waals surface area contributed by atoms with Crippen LogP contribution in [0, 0.1) is 6.92 Å². The number of anilines is 1. The number of benzene rings is 4. The van der Waals surface area contributed by atoms with Gasteiger partial charge in [0, 0.05) is 36.1 Å². The maximum atomic E-state index is 13.1. The average molecular weight is 562 g/mol. The van der Waals surface area contributed by atoms with Crippen molar-refractivity contribution in [2.75, 3.05) is 32.6 Å². The van der Waals surface area contributed by atoms with Crippen LogP contribution in [0.15, 0.2) is 77.6 Å². The number of pyridine rings is 1. The van der Waals surface area contributed by atoms with Gasteiger partial charge in [0.2, 0.25) is 5.91 Å². The molecule has 6 rings (SSSR count). The summed E-state index contributed by atoms with van der Waals surface area (Å²) < 4.78 is 11.0. The molecule has 1 amide bonds. The van der Waals surface area contributed by atoms with Gasteiger partial charge in [0.05, 0.1) is 31.7 Å². The summed E-state index contributed by atoms with van der Waals surface area (Å²) >= 11 is 0. The Balaban J connectivity index is 1.08. The molecule has 2 heterocycles. The summed E-state index contributed by atoms with van der Waals surface area (Å²) in [6.07, 6.45) is 2.08. The first kappa shape index (κ1) is 27.5. The maximum absolute atomic E-state index is 13.1. The standard InChI is InChI=1S/C35H35N3O4/c1-22-6-4-8-28-33(22)37-34-25(7-5-9-29(34)35(28)40)20-32(39)36-27-12-10-23(11-13-27)14-16-38-17-15-24-18-30(41-2)31(42-3)19-26(24)21-38/h4-13,18-19H,14-17,20-21H2,1-3H3,(H,36,39)(H,37,40). The minimum atomic E-state index is -0.125. The van der Waals surface area contributed by atoms with Crippen LogP contribution in [0.5, 0.6) is 11.5 Å². The molecule has 0 bridgehead atoms. The van der Waals surface area contributed by atoms with Crippen molar-refractivity contribution in [3.63, 3.8) is 0 Å². The van der Waals surface area contributed by atoms with Gasteiger partial charge in [-0.05, 0) is 84.0 Å². The van der Waals surface area contributed by atoms with E-state index in [2.05, 4.69) is 39.5 Å². The molecule has 0 saturated carbocycles. The van der Waals surface area contributed by atoms with E-state index in [1.807, 2.05) is 55.5 Å². The molecule has 2 N–H and O–H groups in total. The second-order valence-corrected chi connectivity index (χ2v) is 11.0. The Morgan fingerprint density at radius 1 is 0.905 bits per heavy atom. The van der Waals surface area contributed by atoms with E-state index in [0.29, 0.717) is 16.3 Å². The predicted molar refractivity (Wildman–Crippen MR) is 168 cm³/mol. The summed E-state index contributed by atoms with van der Waals surface area (Å²) in [5, 5.41) is 4.28. The fourth-order valence-corrected chi connectivity index (χ4v) is 5.93. The molecule has 7 nitrogen and oxygen atoms in total. The van der Waals surface area contributed by atoms with Gasteiger partial charge in [-0.25, -0.2) is 0 Å². The first-order valence-corrected chi connectivity index (χ1v) is 14.3. The lowest BCUT2D eigenvalue weighted by molar-refractivity contribution is -0.115. The fraction of sp³-hybridized carbons (Fsp3) is 0.257. The Kier molecular flexibility index (Phi) is 7.68. The van der Waals surface area contributed by atoms with E-state index in [9.17, 15) is 9.59 Å². The monoisotopic (exact) mass is 561 g/mol. The molecule has 1 aliphatic rings. The van der Waals surface area contributed by atoms with Gasteiger partial charge in [0.25, 0.3) is 0 Å². The average Bonchev–Trinajstić information content (AvgIpc) is 3.01. The number of aromatic amines is 1. The zero-order valence-corrected chi connectivity index (χ0v) is 24.3. The number of carbonyl (C=O) groups is 1. The van der Waals surface area contributed by atoms with Crippen LogP contribution in [0.3, 0.4) is 0 Å². The van der Waals surface area contributed by atoms with Gasteiger partial charge in [-0.15, -0.1) is 0 Å². The molecule has 5 aromatic rings. The van der Waals surface area contributed by atoms with Gasteiger partial charge in [-0.2, -0.15) is 0 Å². The van der Waals surface area contributed by atoms with Crippen LogP contribution < -0.4 is 20.2 Å². The summed E-state index contributed by atoms with van der Waals surface area (Å²) in [5.41, 5.74) is 7.89. The quantitative estimate of drug-likeness (QED) is 0.234. The predicted octanol–water partition coefficient (Wildman–Crippen LogP) is 5.79. The minimum Gasteiger partial charge on any atom is -0.493 e. The van der Waals surface area contributed by atoms with E-state index < -0.39 is 0 Å².